The summed E-state index contributed by atoms with van der Waals surface area (Å²) in [5.41, 5.74) is 3.38. The number of nitro benzene ring substituents is 1. The smallest absolute Gasteiger partial charge is 0.267 e. The van der Waals surface area contributed by atoms with Crippen LogP contribution in [0.15, 0.2) is 53.6 Å². The fourth-order valence-corrected chi connectivity index (χ4v) is 2.23. The summed E-state index contributed by atoms with van der Waals surface area (Å²) in [4.78, 5) is 21.9. The Balaban J connectivity index is 1.92. The molecule has 0 spiro atoms. The Morgan fingerprint density at radius 3 is 2.50 bits per heavy atom. The first-order chi connectivity index (χ1) is 11.5. The largest absolute Gasteiger partial charge is 0.272 e. The van der Waals surface area contributed by atoms with Crippen molar-refractivity contribution in [1.29, 1.82) is 0 Å². The van der Waals surface area contributed by atoms with Crippen LogP contribution in [-0.4, -0.2) is 17.0 Å². The summed E-state index contributed by atoms with van der Waals surface area (Å²) in [6.07, 6.45) is 4.66. The SMILES string of the molecule is O=C(N/N=C/C=C/c1ccc([N+](=O)[O-])cc1)c1ccc(Cl)cc1Cl. The Hall–Kier alpha value is -2.70. The van der Waals surface area contributed by atoms with Crippen molar-refractivity contribution in [3.05, 3.63) is 79.8 Å². The quantitative estimate of drug-likeness (QED) is 0.487. The molecule has 24 heavy (non-hydrogen) atoms. The van der Waals surface area contributed by atoms with E-state index < -0.39 is 10.8 Å². The zero-order chi connectivity index (χ0) is 17.5. The molecule has 1 amide bonds. The van der Waals surface area contributed by atoms with E-state index in [1.807, 2.05) is 0 Å². The molecule has 2 rings (SSSR count). The van der Waals surface area contributed by atoms with Crippen LogP contribution < -0.4 is 5.43 Å². The summed E-state index contributed by atoms with van der Waals surface area (Å²) in [5, 5.41) is 15.0. The average Bonchev–Trinajstić information content (AvgIpc) is 2.54. The van der Waals surface area contributed by atoms with E-state index >= 15 is 0 Å². The number of carbonyl (C=O) groups is 1. The van der Waals surface area contributed by atoms with Gasteiger partial charge < -0.3 is 0 Å². The molecule has 2 aromatic rings. The maximum absolute atomic E-state index is 11.9. The van der Waals surface area contributed by atoms with E-state index in [1.165, 1.54) is 30.5 Å². The van der Waals surface area contributed by atoms with Gasteiger partial charge in [0.1, 0.15) is 0 Å². The van der Waals surface area contributed by atoms with Crippen molar-refractivity contribution in [1.82, 2.24) is 5.43 Å². The molecule has 0 unspecified atom stereocenters. The van der Waals surface area contributed by atoms with Crippen molar-refractivity contribution in [2.45, 2.75) is 0 Å². The van der Waals surface area contributed by atoms with Crippen molar-refractivity contribution in [3.63, 3.8) is 0 Å². The number of allylic oxidation sites excluding steroid dienone is 1. The summed E-state index contributed by atoms with van der Waals surface area (Å²) < 4.78 is 0. The predicted molar refractivity (Wildman–Crippen MR) is 94.6 cm³/mol. The van der Waals surface area contributed by atoms with Gasteiger partial charge >= 0.3 is 0 Å². The number of nitro groups is 1. The number of amides is 1. The topological polar surface area (TPSA) is 84.6 Å². The van der Waals surface area contributed by atoms with Crippen LogP contribution in [0.5, 0.6) is 0 Å². The Kier molecular flexibility index (Phi) is 6.06. The van der Waals surface area contributed by atoms with E-state index in [0.29, 0.717) is 5.02 Å². The van der Waals surface area contributed by atoms with Crippen LogP contribution in [0.1, 0.15) is 15.9 Å². The van der Waals surface area contributed by atoms with Crippen molar-refractivity contribution >= 4 is 47.1 Å². The predicted octanol–water partition coefficient (Wildman–Crippen LogP) is 4.33. The highest BCUT2D eigenvalue weighted by molar-refractivity contribution is 6.36. The van der Waals surface area contributed by atoms with E-state index in [2.05, 4.69) is 10.5 Å². The Morgan fingerprint density at radius 2 is 1.88 bits per heavy atom. The highest BCUT2D eigenvalue weighted by Gasteiger charge is 2.09. The molecule has 8 heteroatoms. The molecule has 122 valence electrons. The third-order valence-electron chi connectivity index (χ3n) is 2.90. The number of halogens is 2. The number of nitrogens with zero attached hydrogens (tertiary/aromatic N) is 2. The zero-order valence-corrected chi connectivity index (χ0v) is 13.7. The highest BCUT2D eigenvalue weighted by atomic mass is 35.5. The normalized spacial score (nSPS) is 11.1. The lowest BCUT2D eigenvalue weighted by atomic mass is 10.2. The molecular formula is C16H11Cl2N3O3. The van der Waals surface area contributed by atoms with E-state index in [-0.39, 0.29) is 16.3 Å². The number of benzene rings is 2. The van der Waals surface area contributed by atoms with E-state index in [4.69, 9.17) is 23.2 Å². The van der Waals surface area contributed by atoms with Gasteiger partial charge in [-0.05, 0) is 42.0 Å². The van der Waals surface area contributed by atoms with Gasteiger partial charge in [-0.25, -0.2) is 5.43 Å². The number of carbonyl (C=O) groups excluding carboxylic acids is 1. The molecule has 0 aliphatic carbocycles. The second kappa shape index (κ2) is 8.24. The number of hydrogen-bond acceptors (Lipinski definition) is 4. The van der Waals surface area contributed by atoms with Gasteiger partial charge in [0.05, 0.1) is 15.5 Å². The molecule has 0 radical (unpaired) electrons. The number of hydrazone groups is 1. The van der Waals surface area contributed by atoms with Crippen molar-refractivity contribution in [3.8, 4) is 0 Å². The summed E-state index contributed by atoms with van der Waals surface area (Å²) in [5.74, 6) is -0.461. The number of hydrogen-bond donors (Lipinski definition) is 1. The van der Waals surface area contributed by atoms with Crippen molar-refractivity contribution in [2.75, 3.05) is 0 Å². The number of rotatable bonds is 5. The van der Waals surface area contributed by atoms with Crippen LogP contribution in [0.25, 0.3) is 6.08 Å². The van der Waals surface area contributed by atoms with Gasteiger partial charge in [-0.3, -0.25) is 14.9 Å². The third-order valence-corrected chi connectivity index (χ3v) is 3.44. The summed E-state index contributed by atoms with van der Waals surface area (Å²) >= 11 is 11.7. The molecule has 0 heterocycles. The monoisotopic (exact) mass is 363 g/mol. The first-order valence-corrected chi connectivity index (χ1v) is 7.42. The lowest BCUT2D eigenvalue weighted by Crippen LogP contribution is -2.17. The van der Waals surface area contributed by atoms with Crippen molar-refractivity contribution < 1.29 is 9.72 Å². The molecule has 0 aromatic heterocycles. The molecular weight excluding hydrogens is 353 g/mol. The fourth-order valence-electron chi connectivity index (χ4n) is 1.73. The average molecular weight is 364 g/mol. The van der Waals surface area contributed by atoms with Gasteiger partial charge in [0.2, 0.25) is 0 Å². The number of non-ortho nitro benzene ring substituents is 1. The minimum Gasteiger partial charge on any atom is -0.267 e. The van der Waals surface area contributed by atoms with Crippen LogP contribution >= 0.6 is 23.2 Å². The molecule has 0 aliphatic heterocycles. The van der Waals surface area contributed by atoms with Gasteiger partial charge in [0, 0.05) is 23.4 Å². The standard InChI is InChI=1S/C16H11Cl2N3O3/c17-12-5-8-14(15(18)10-12)16(22)20-19-9-1-2-11-3-6-13(7-4-11)21(23)24/h1-10H,(H,20,22)/b2-1+,19-9+. The summed E-state index contributed by atoms with van der Waals surface area (Å²) in [6, 6.07) is 10.5. The minimum atomic E-state index is -0.466. The Labute approximate surface area is 147 Å². The van der Waals surface area contributed by atoms with Gasteiger partial charge in [-0.2, -0.15) is 5.10 Å². The summed E-state index contributed by atoms with van der Waals surface area (Å²) in [6.45, 7) is 0. The maximum atomic E-state index is 11.9. The van der Waals surface area contributed by atoms with Crippen LogP contribution in [0, 0.1) is 10.1 Å². The Morgan fingerprint density at radius 1 is 1.17 bits per heavy atom. The van der Waals surface area contributed by atoms with Gasteiger partial charge in [-0.1, -0.05) is 29.3 Å². The number of nitrogens with one attached hydrogen (secondary N) is 1. The molecule has 0 bridgehead atoms. The lowest BCUT2D eigenvalue weighted by Gasteiger charge is -2.02. The molecule has 6 nitrogen and oxygen atoms in total. The van der Waals surface area contributed by atoms with E-state index in [1.54, 1.807) is 30.4 Å². The molecule has 0 atom stereocenters. The van der Waals surface area contributed by atoms with E-state index in [0.717, 1.165) is 5.56 Å². The first kappa shape index (κ1) is 17.7. The minimum absolute atomic E-state index is 0.0212. The lowest BCUT2D eigenvalue weighted by molar-refractivity contribution is -0.384. The summed E-state index contributed by atoms with van der Waals surface area (Å²) in [7, 11) is 0. The van der Waals surface area contributed by atoms with Gasteiger partial charge in [0.15, 0.2) is 0 Å². The molecule has 0 saturated carbocycles. The molecule has 0 saturated heterocycles. The van der Waals surface area contributed by atoms with Gasteiger partial charge in [-0.15, -0.1) is 0 Å². The van der Waals surface area contributed by atoms with Crippen LogP contribution in [0.2, 0.25) is 10.0 Å². The van der Waals surface area contributed by atoms with Crippen molar-refractivity contribution in [2.24, 2.45) is 5.10 Å². The van der Waals surface area contributed by atoms with Crippen LogP contribution in [0.4, 0.5) is 5.69 Å². The van der Waals surface area contributed by atoms with Crippen LogP contribution in [-0.2, 0) is 0 Å². The molecule has 0 aliphatic rings. The molecule has 1 N–H and O–H groups in total. The maximum Gasteiger partial charge on any atom is 0.272 e. The third kappa shape index (κ3) is 4.91. The second-order valence-corrected chi connectivity index (χ2v) is 5.39. The fraction of sp³-hybridized carbons (Fsp3) is 0. The first-order valence-electron chi connectivity index (χ1n) is 6.67. The van der Waals surface area contributed by atoms with Gasteiger partial charge in [0.25, 0.3) is 11.6 Å². The zero-order valence-electron chi connectivity index (χ0n) is 12.1. The highest BCUT2D eigenvalue weighted by Crippen LogP contribution is 2.20. The Bertz CT molecular complexity index is 818. The molecule has 0 fully saturated rings. The van der Waals surface area contributed by atoms with E-state index in [9.17, 15) is 14.9 Å². The molecule has 2 aromatic carbocycles. The second-order valence-electron chi connectivity index (χ2n) is 4.55. The van der Waals surface area contributed by atoms with Crippen LogP contribution in [0.3, 0.4) is 0 Å².